The molecule has 0 saturated heterocycles. The normalized spacial score (nSPS) is 17.2. The van der Waals surface area contributed by atoms with Crippen LogP contribution in [0.4, 0.5) is 5.82 Å². The number of hydrogen-bond acceptors (Lipinski definition) is 6. The summed E-state index contributed by atoms with van der Waals surface area (Å²) in [6.07, 6.45) is 0.821. The average molecular weight is 283 g/mol. The van der Waals surface area contributed by atoms with Gasteiger partial charge in [0.05, 0.1) is 12.5 Å². The number of nitrogen functional groups attached to an aromatic ring is 1. The molecule has 1 aromatic carbocycles. The Bertz CT molecular complexity index is 779. The Balaban J connectivity index is 1.71. The van der Waals surface area contributed by atoms with E-state index in [9.17, 15) is 0 Å². The number of nitrogens with two attached hydrogens (primary N) is 1. The van der Waals surface area contributed by atoms with E-state index in [1.54, 1.807) is 6.07 Å². The molecule has 106 valence electrons. The van der Waals surface area contributed by atoms with E-state index in [2.05, 4.69) is 20.3 Å². The maximum absolute atomic E-state index is 5.65. The maximum atomic E-state index is 5.65. The van der Waals surface area contributed by atoms with Crippen LogP contribution in [0.2, 0.25) is 0 Å². The number of anilines is 1. The van der Waals surface area contributed by atoms with Crippen molar-refractivity contribution >= 4 is 5.82 Å². The van der Waals surface area contributed by atoms with Crippen molar-refractivity contribution in [2.45, 2.75) is 12.3 Å². The SMILES string of the molecule is Nc1cc(-c2nc(C3CCOc4ccccc43)no2)[nH]n1. The van der Waals surface area contributed by atoms with Gasteiger partial charge < -0.3 is 15.0 Å². The Labute approximate surface area is 120 Å². The van der Waals surface area contributed by atoms with E-state index in [4.69, 9.17) is 15.0 Å². The van der Waals surface area contributed by atoms with Crippen LogP contribution in [0.15, 0.2) is 34.9 Å². The Hall–Kier alpha value is -2.83. The fourth-order valence-corrected chi connectivity index (χ4v) is 2.54. The Morgan fingerprint density at radius 1 is 1.29 bits per heavy atom. The second kappa shape index (κ2) is 4.62. The lowest BCUT2D eigenvalue weighted by atomic mass is 9.92. The number of nitrogens with zero attached hydrogens (tertiary/aromatic N) is 3. The minimum atomic E-state index is 0.0766. The van der Waals surface area contributed by atoms with Gasteiger partial charge in [0.1, 0.15) is 17.3 Å². The van der Waals surface area contributed by atoms with Crippen LogP contribution in [-0.2, 0) is 0 Å². The van der Waals surface area contributed by atoms with Gasteiger partial charge in [-0.1, -0.05) is 23.4 Å². The van der Waals surface area contributed by atoms with Crippen LogP contribution in [-0.4, -0.2) is 26.9 Å². The molecule has 0 amide bonds. The van der Waals surface area contributed by atoms with Gasteiger partial charge in [-0.05, 0) is 12.5 Å². The van der Waals surface area contributed by atoms with Crippen LogP contribution in [0.5, 0.6) is 5.75 Å². The molecule has 1 unspecified atom stereocenters. The predicted molar refractivity (Wildman–Crippen MR) is 74.7 cm³/mol. The molecule has 1 aliphatic heterocycles. The van der Waals surface area contributed by atoms with Crippen LogP contribution < -0.4 is 10.5 Å². The van der Waals surface area contributed by atoms with Crippen LogP contribution >= 0.6 is 0 Å². The Morgan fingerprint density at radius 3 is 3.05 bits per heavy atom. The van der Waals surface area contributed by atoms with Crippen molar-refractivity contribution in [1.29, 1.82) is 0 Å². The molecule has 0 saturated carbocycles. The molecule has 0 radical (unpaired) electrons. The minimum Gasteiger partial charge on any atom is -0.493 e. The monoisotopic (exact) mass is 283 g/mol. The molecule has 7 heteroatoms. The summed E-state index contributed by atoms with van der Waals surface area (Å²) in [7, 11) is 0. The van der Waals surface area contributed by atoms with Gasteiger partial charge in [-0.3, -0.25) is 5.10 Å². The van der Waals surface area contributed by atoms with Crippen molar-refractivity contribution in [1.82, 2.24) is 20.3 Å². The van der Waals surface area contributed by atoms with Crippen LogP contribution in [0.1, 0.15) is 23.7 Å². The molecule has 3 heterocycles. The summed E-state index contributed by atoms with van der Waals surface area (Å²) in [5.74, 6) is 2.38. The van der Waals surface area contributed by atoms with E-state index in [-0.39, 0.29) is 5.92 Å². The van der Waals surface area contributed by atoms with Crippen LogP contribution in [0.25, 0.3) is 11.6 Å². The second-order valence-electron chi connectivity index (χ2n) is 4.89. The summed E-state index contributed by atoms with van der Waals surface area (Å²) in [6.45, 7) is 0.641. The summed E-state index contributed by atoms with van der Waals surface area (Å²) < 4.78 is 11.0. The molecule has 4 rings (SSSR count). The Morgan fingerprint density at radius 2 is 2.19 bits per heavy atom. The number of fused-ring (bicyclic) bond motifs is 1. The number of hydrogen-bond donors (Lipinski definition) is 2. The van der Waals surface area contributed by atoms with Gasteiger partial charge in [0, 0.05) is 11.6 Å². The molecule has 0 spiro atoms. The smallest absolute Gasteiger partial charge is 0.276 e. The molecule has 0 fully saturated rings. The van der Waals surface area contributed by atoms with E-state index >= 15 is 0 Å². The highest BCUT2D eigenvalue weighted by Gasteiger charge is 2.27. The van der Waals surface area contributed by atoms with Gasteiger partial charge in [0.2, 0.25) is 0 Å². The summed E-state index contributed by atoms with van der Waals surface area (Å²) in [5.41, 5.74) is 7.28. The maximum Gasteiger partial charge on any atom is 0.276 e. The lowest BCUT2D eigenvalue weighted by Crippen LogP contribution is -2.16. The van der Waals surface area contributed by atoms with Crippen molar-refractivity contribution in [2.24, 2.45) is 0 Å². The zero-order chi connectivity index (χ0) is 14.2. The second-order valence-corrected chi connectivity index (χ2v) is 4.89. The summed E-state index contributed by atoms with van der Waals surface area (Å²) >= 11 is 0. The van der Waals surface area contributed by atoms with E-state index in [1.807, 2.05) is 24.3 Å². The standard InChI is InChI=1S/C14H13N5O2/c15-12-7-10(17-18-12)14-16-13(19-21-14)9-5-6-20-11-4-2-1-3-8(9)11/h1-4,7,9H,5-6H2,(H3,15,17,18). The van der Waals surface area contributed by atoms with E-state index in [0.717, 1.165) is 17.7 Å². The third-order valence-electron chi connectivity index (χ3n) is 3.54. The highest BCUT2D eigenvalue weighted by molar-refractivity contribution is 5.52. The van der Waals surface area contributed by atoms with Gasteiger partial charge in [-0.25, -0.2) is 0 Å². The molecule has 7 nitrogen and oxygen atoms in total. The highest BCUT2D eigenvalue weighted by atomic mass is 16.5. The predicted octanol–water partition coefficient (Wildman–Crippen LogP) is 1.96. The number of aromatic nitrogens is 4. The first kappa shape index (κ1) is 12.0. The van der Waals surface area contributed by atoms with Crippen molar-refractivity contribution in [3.63, 3.8) is 0 Å². The number of ether oxygens (including phenoxy) is 1. The van der Waals surface area contributed by atoms with Crippen LogP contribution in [0, 0.1) is 0 Å². The molecular weight excluding hydrogens is 270 g/mol. The number of H-pyrrole nitrogens is 1. The first-order valence-electron chi connectivity index (χ1n) is 6.68. The summed E-state index contributed by atoms with van der Waals surface area (Å²) in [4.78, 5) is 4.46. The molecule has 3 N–H and O–H groups in total. The Kier molecular flexibility index (Phi) is 2.63. The lowest BCUT2D eigenvalue weighted by molar-refractivity contribution is 0.272. The van der Waals surface area contributed by atoms with Gasteiger partial charge >= 0.3 is 0 Å². The number of rotatable bonds is 2. The molecule has 1 aliphatic rings. The van der Waals surface area contributed by atoms with Crippen molar-refractivity contribution in [3.05, 3.63) is 41.7 Å². The van der Waals surface area contributed by atoms with Gasteiger partial charge in [-0.2, -0.15) is 10.1 Å². The van der Waals surface area contributed by atoms with Gasteiger partial charge in [0.25, 0.3) is 5.89 Å². The first-order chi connectivity index (χ1) is 10.3. The highest BCUT2D eigenvalue weighted by Crippen LogP contribution is 2.37. The van der Waals surface area contributed by atoms with Crippen molar-refractivity contribution in [2.75, 3.05) is 12.3 Å². The van der Waals surface area contributed by atoms with Gasteiger partial charge in [-0.15, -0.1) is 0 Å². The van der Waals surface area contributed by atoms with Crippen LogP contribution in [0.3, 0.4) is 0 Å². The molecule has 21 heavy (non-hydrogen) atoms. The fraction of sp³-hybridized carbons (Fsp3) is 0.214. The third kappa shape index (κ3) is 2.03. The number of benzene rings is 1. The molecule has 3 aromatic rings. The average Bonchev–Trinajstić information content (AvgIpc) is 3.15. The van der Waals surface area contributed by atoms with Crippen molar-refractivity contribution < 1.29 is 9.26 Å². The summed E-state index contributed by atoms with van der Waals surface area (Å²) in [6, 6.07) is 9.59. The van der Waals surface area contributed by atoms with E-state index < -0.39 is 0 Å². The minimum absolute atomic E-state index is 0.0766. The quantitative estimate of drug-likeness (QED) is 0.745. The molecular formula is C14H13N5O2. The molecule has 0 aliphatic carbocycles. The summed E-state index contributed by atoms with van der Waals surface area (Å²) in [5, 5.41) is 10.7. The van der Waals surface area contributed by atoms with E-state index in [1.165, 1.54) is 0 Å². The molecule has 1 atom stereocenters. The number of aromatic amines is 1. The van der Waals surface area contributed by atoms with Gasteiger partial charge in [0.15, 0.2) is 5.82 Å². The number of para-hydroxylation sites is 1. The third-order valence-corrected chi connectivity index (χ3v) is 3.54. The van der Waals surface area contributed by atoms with Crippen molar-refractivity contribution in [3.8, 4) is 17.3 Å². The number of nitrogens with one attached hydrogen (secondary N) is 1. The topological polar surface area (TPSA) is 103 Å². The first-order valence-corrected chi connectivity index (χ1v) is 6.68. The van der Waals surface area contributed by atoms with E-state index in [0.29, 0.717) is 29.8 Å². The zero-order valence-electron chi connectivity index (χ0n) is 11.1. The largest absolute Gasteiger partial charge is 0.493 e. The molecule has 0 bridgehead atoms. The zero-order valence-corrected chi connectivity index (χ0v) is 11.1. The molecule has 2 aromatic heterocycles. The fourth-order valence-electron chi connectivity index (χ4n) is 2.54. The lowest BCUT2D eigenvalue weighted by Gasteiger charge is -2.23.